The molecule has 0 atom stereocenters. The van der Waals surface area contributed by atoms with E-state index in [0.717, 1.165) is 55.9 Å². The van der Waals surface area contributed by atoms with E-state index < -0.39 is 0 Å². The largest absolute Gasteiger partial charge is 0.455 e. The molecule has 0 saturated carbocycles. The summed E-state index contributed by atoms with van der Waals surface area (Å²) in [4.78, 5) is 2.53. The molecule has 544 valence electrons. The van der Waals surface area contributed by atoms with Gasteiger partial charge in [0.15, 0.2) is 0 Å². The van der Waals surface area contributed by atoms with E-state index in [1.165, 1.54) is 227 Å². The molecule has 15 aromatic rings. The van der Waals surface area contributed by atoms with Crippen molar-refractivity contribution in [1.82, 2.24) is 0 Å². The number of aryl methyl sites for hydroxylation is 2. The van der Waals surface area contributed by atoms with Crippen molar-refractivity contribution in [3.05, 3.63) is 303 Å². The molecule has 110 heavy (non-hydrogen) atoms. The summed E-state index contributed by atoms with van der Waals surface area (Å²) < 4.78 is 14.3. The van der Waals surface area contributed by atoms with Gasteiger partial charge in [0.1, 0.15) is 22.3 Å². The van der Waals surface area contributed by atoms with Crippen LogP contribution in [0.25, 0.3) is 133 Å². The van der Waals surface area contributed by atoms with E-state index in [9.17, 15) is 0 Å². The Labute approximate surface area is 650 Å². The number of benzene rings is 13. The van der Waals surface area contributed by atoms with E-state index in [-0.39, 0.29) is 27.1 Å². The maximum Gasteiger partial charge on any atom is 0.144 e. The molecule has 0 unspecified atom stereocenters. The Morgan fingerprint density at radius 3 is 1.35 bits per heavy atom. The van der Waals surface area contributed by atoms with Gasteiger partial charge in [0.25, 0.3) is 0 Å². The lowest BCUT2D eigenvalue weighted by Gasteiger charge is -2.33. The van der Waals surface area contributed by atoms with E-state index in [1.54, 1.807) is 11.1 Å². The van der Waals surface area contributed by atoms with Crippen molar-refractivity contribution in [2.24, 2.45) is 0 Å². The Kier molecular flexibility index (Phi) is 15.7. The second kappa shape index (κ2) is 25.1. The molecule has 5 aliphatic rings. The van der Waals surface area contributed by atoms with Crippen LogP contribution in [-0.2, 0) is 27.1 Å². The van der Waals surface area contributed by atoms with Crippen molar-refractivity contribution in [1.29, 1.82) is 0 Å². The number of nitrogens with zero attached hydrogens (tertiary/aromatic N) is 1. The Bertz CT molecular complexity index is 6330. The highest BCUT2D eigenvalue weighted by molar-refractivity contribution is 6.22. The van der Waals surface area contributed by atoms with Crippen molar-refractivity contribution in [2.45, 2.75) is 187 Å². The standard InChI is InChI=1S/C107H99NO2/c1-13-15-17-19-29-55-107(56-30-20-18-16-14-2)84-36-26-21-31-73(84)76-51-46-70(60-89(76)107)69-45-50-75-74-49-44-68(58-85(74)103(5,6)86(75)59-69)66-40-42-67(43-41-66)82-63-90-94(96-80-33-23-27-37-92(80)109-101(82)96)78-52-47-71(61-87(78)104(90,7)8)108(91-54-39-64(3)57-65(91)4)72-48-53-79-88(62-72)106(11,12)100-98(79)102-97(81-34-24-28-38-93(81)110-102)95-77-32-22-25-35-83(77)105(9,10)99(95)100/h21-28,31-54,57-63H,13-20,29-30,55-56H2,1-12H3. The summed E-state index contributed by atoms with van der Waals surface area (Å²) in [5.74, 6) is 0. The van der Waals surface area contributed by atoms with Gasteiger partial charge in [0.2, 0.25) is 0 Å². The smallest absolute Gasteiger partial charge is 0.144 e. The highest BCUT2D eigenvalue weighted by Gasteiger charge is 2.50. The van der Waals surface area contributed by atoms with Gasteiger partial charge >= 0.3 is 0 Å². The molecule has 20 rings (SSSR count). The quantitative estimate of drug-likeness (QED) is 0.0802. The molecule has 0 saturated heterocycles. The molecular formula is C107H99NO2. The lowest BCUT2D eigenvalue weighted by Crippen LogP contribution is -2.25. The fourth-order valence-corrected chi connectivity index (χ4v) is 21.9. The number of anilines is 3. The third kappa shape index (κ3) is 9.93. The minimum atomic E-state index is -0.379. The third-order valence-corrected chi connectivity index (χ3v) is 27.5. The van der Waals surface area contributed by atoms with Crippen LogP contribution in [0.4, 0.5) is 17.1 Å². The second-order valence-electron chi connectivity index (χ2n) is 35.4. The van der Waals surface area contributed by atoms with Gasteiger partial charge in [-0.3, -0.25) is 0 Å². The van der Waals surface area contributed by atoms with Crippen LogP contribution < -0.4 is 4.90 Å². The highest BCUT2D eigenvalue weighted by Crippen LogP contribution is 2.65. The number of hydrogen-bond acceptors (Lipinski definition) is 3. The SMILES string of the molecule is CCCCCCCC1(CCCCCCC)c2ccccc2-c2ccc(-c3ccc4c(c3)C(C)(C)c3cc(-c5ccc(-c6cc7c(c8c6oc6ccccc68)-c6ccc(N(c8ccc9c(c8)C(C)(C)c8c%10c(c%11c(oc%12ccccc%12%11)c8-9)-c8ccccc8C%10(C)C)c8ccc(C)cc8C)cc6C7(C)C)cc5)ccc3-4)cc21. The maximum atomic E-state index is 7.15. The van der Waals surface area contributed by atoms with Gasteiger partial charge in [-0.15, -0.1) is 0 Å². The van der Waals surface area contributed by atoms with Crippen LogP contribution in [0.1, 0.15) is 213 Å². The lowest BCUT2D eigenvalue weighted by atomic mass is 9.70. The van der Waals surface area contributed by atoms with Crippen LogP contribution in [-0.4, -0.2) is 0 Å². The molecule has 0 spiro atoms. The first-order chi connectivity index (χ1) is 53.3. The minimum Gasteiger partial charge on any atom is -0.455 e. The van der Waals surface area contributed by atoms with E-state index in [1.807, 2.05) is 0 Å². The van der Waals surface area contributed by atoms with Crippen molar-refractivity contribution < 1.29 is 8.83 Å². The number of unbranched alkanes of at least 4 members (excludes halogenated alkanes) is 8. The van der Waals surface area contributed by atoms with E-state index in [2.05, 4.69) is 325 Å². The zero-order valence-corrected chi connectivity index (χ0v) is 66.3. The Morgan fingerprint density at radius 1 is 0.300 bits per heavy atom. The summed E-state index contributed by atoms with van der Waals surface area (Å²) in [7, 11) is 0. The number of fused-ring (bicyclic) bond motifs is 25. The molecule has 0 N–H and O–H groups in total. The first kappa shape index (κ1) is 68.5. The topological polar surface area (TPSA) is 29.5 Å². The number of hydrogen-bond donors (Lipinski definition) is 0. The molecule has 3 heteroatoms. The van der Waals surface area contributed by atoms with Crippen molar-refractivity contribution in [3.8, 4) is 89.0 Å². The molecule has 3 nitrogen and oxygen atoms in total. The molecule has 0 bridgehead atoms. The van der Waals surface area contributed by atoms with Crippen molar-refractivity contribution in [2.75, 3.05) is 4.90 Å². The molecule has 5 aliphatic carbocycles. The zero-order chi connectivity index (χ0) is 75.1. The van der Waals surface area contributed by atoms with Crippen LogP contribution in [0.3, 0.4) is 0 Å². The van der Waals surface area contributed by atoms with Crippen LogP contribution in [0.5, 0.6) is 0 Å². The Balaban J connectivity index is 0.639. The average Bonchev–Trinajstić information content (AvgIpc) is 1.45. The molecule has 2 aromatic heterocycles. The van der Waals surface area contributed by atoms with Crippen molar-refractivity contribution >= 4 is 60.9 Å². The van der Waals surface area contributed by atoms with Crippen LogP contribution >= 0.6 is 0 Å². The van der Waals surface area contributed by atoms with Gasteiger partial charge in [0, 0.05) is 76.8 Å². The summed E-state index contributed by atoms with van der Waals surface area (Å²) >= 11 is 0. The third-order valence-electron chi connectivity index (χ3n) is 27.5. The summed E-state index contributed by atoms with van der Waals surface area (Å²) in [6.07, 6.45) is 15.5. The van der Waals surface area contributed by atoms with Gasteiger partial charge in [-0.25, -0.2) is 0 Å². The van der Waals surface area contributed by atoms with E-state index in [4.69, 9.17) is 8.83 Å². The average molecular weight is 1430 g/mol. The van der Waals surface area contributed by atoms with Gasteiger partial charge in [-0.1, -0.05) is 309 Å². The molecule has 0 amide bonds. The fraction of sp³-hybridized carbons (Fsp3) is 0.271. The van der Waals surface area contributed by atoms with E-state index in [0.29, 0.717) is 0 Å². The zero-order valence-electron chi connectivity index (χ0n) is 66.3. The van der Waals surface area contributed by atoms with Crippen LogP contribution in [0, 0.1) is 13.8 Å². The molecule has 0 radical (unpaired) electrons. The van der Waals surface area contributed by atoms with Crippen LogP contribution in [0.15, 0.2) is 245 Å². The van der Waals surface area contributed by atoms with Gasteiger partial charge in [-0.05, 0) is 233 Å². The summed E-state index contributed by atoms with van der Waals surface area (Å²) in [5.41, 5.74) is 43.1. The normalized spacial score (nSPS) is 15.5. The van der Waals surface area contributed by atoms with Crippen molar-refractivity contribution in [3.63, 3.8) is 0 Å². The maximum absolute atomic E-state index is 7.15. The summed E-state index contributed by atoms with van der Waals surface area (Å²) in [6.45, 7) is 28.7. The first-order valence-electron chi connectivity index (χ1n) is 41.2. The highest BCUT2D eigenvalue weighted by atomic mass is 16.3. The van der Waals surface area contributed by atoms with Crippen LogP contribution in [0.2, 0.25) is 0 Å². The second-order valence-corrected chi connectivity index (χ2v) is 35.4. The predicted molar refractivity (Wildman–Crippen MR) is 465 cm³/mol. The van der Waals surface area contributed by atoms with Gasteiger partial charge in [-0.2, -0.15) is 0 Å². The Hall–Kier alpha value is -10.7. The van der Waals surface area contributed by atoms with Gasteiger partial charge < -0.3 is 13.7 Å². The number of rotatable bonds is 18. The lowest BCUT2D eigenvalue weighted by molar-refractivity contribution is 0.399. The number of para-hydroxylation sites is 2. The fourth-order valence-electron chi connectivity index (χ4n) is 21.9. The first-order valence-corrected chi connectivity index (χ1v) is 41.2. The summed E-state index contributed by atoms with van der Waals surface area (Å²) in [6, 6.07) is 91.4. The van der Waals surface area contributed by atoms with Gasteiger partial charge in [0.05, 0.1) is 0 Å². The van der Waals surface area contributed by atoms with E-state index >= 15 is 0 Å². The minimum absolute atomic E-state index is 0.0449. The molecule has 0 fully saturated rings. The monoisotopic (exact) mass is 1430 g/mol. The Morgan fingerprint density at radius 2 is 0.736 bits per heavy atom. The molecular weight excluding hydrogens is 1330 g/mol. The predicted octanol–water partition coefficient (Wildman–Crippen LogP) is 30.8. The molecule has 13 aromatic carbocycles. The summed E-state index contributed by atoms with van der Waals surface area (Å²) in [5, 5.41) is 4.72. The molecule has 0 aliphatic heterocycles. The number of furan rings is 2. The molecule has 2 heterocycles.